The monoisotopic (exact) mass is 530 g/mol. The molecule has 5 nitrogen and oxygen atoms in total. The van der Waals surface area contributed by atoms with Gasteiger partial charge in [0.1, 0.15) is 11.6 Å². The maximum Gasteiger partial charge on any atom is 0.223 e. The number of halogens is 4. The first-order chi connectivity index (χ1) is 18.0. The van der Waals surface area contributed by atoms with Crippen molar-refractivity contribution in [1.29, 1.82) is 0 Å². The number of Topliss-reactive ketones (excluding diaryl/α,β-unsaturated/α-hetero) is 1. The second kappa shape index (κ2) is 13.3. The van der Waals surface area contributed by atoms with E-state index >= 15 is 0 Å². The molecule has 0 aliphatic rings. The average Bonchev–Trinajstić information content (AvgIpc) is 2.87. The molecule has 202 valence electrons. The Labute approximate surface area is 218 Å². The summed E-state index contributed by atoms with van der Waals surface area (Å²) in [6.45, 7) is 1.93. The Morgan fingerprint density at radius 2 is 1.55 bits per heavy atom. The van der Waals surface area contributed by atoms with Crippen LogP contribution < -0.4 is 5.73 Å². The van der Waals surface area contributed by atoms with Gasteiger partial charge in [-0.05, 0) is 59.9 Å². The van der Waals surface area contributed by atoms with E-state index in [1.807, 2.05) is 31.2 Å². The third-order valence-corrected chi connectivity index (χ3v) is 6.23. The first-order valence-electron chi connectivity index (χ1n) is 12.3. The molecule has 0 saturated carbocycles. The molecule has 38 heavy (non-hydrogen) atoms. The van der Waals surface area contributed by atoms with Gasteiger partial charge in [-0.1, -0.05) is 31.2 Å². The van der Waals surface area contributed by atoms with E-state index in [-0.39, 0.29) is 43.5 Å². The Kier molecular flexibility index (Phi) is 10.2. The van der Waals surface area contributed by atoms with Crippen molar-refractivity contribution < 1.29 is 32.3 Å². The second-order valence-corrected chi connectivity index (χ2v) is 9.21. The minimum absolute atomic E-state index is 0.0299. The zero-order valence-electron chi connectivity index (χ0n) is 21.0. The van der Waals surface area contributed by atoms with Crippen molar-refractivity contribution in [3.8, 4) is 0 Å². The first kappa shape index (κ1) is 29.0. The molecule has 0 heterocycles. The Hall–Kier alpha value is -3.56. The van der Waals surface area contributed by atoms with Crippen LogP contribution in [0.25, 0.3) is 0 Å². The van der Waals surface area contributed by atoms with E-state index in [1.54, 1.807) is 0 Å². The summed E-state index contributed by atoms with van der Waals surface area (Å²) in [6.07, 6.45) is -0.968. The SMILES string of the molecule is CCc1cccc(CN(C[C@@H](O)[C@@H](N)Cc2cc(F)cc(F)c2)C(=O)CCC(=O)c2ccc(F)c(F)c2)c1. The summed E-state index contributed by atoms with van der Waals surface area (Å²) >= 11 is 0. The number of carbonyl (C=O) groups is 2. The molecule has 3 aromatic carbocycles. The van der Waals surface area contributed by atoms with Gasteiger partial charge < -0.3 is 15.7 Å². The van der Waals surface area contributed by atoms with Gasteiger partial charge in [0.25, 0.3) is 0 Å². The van der Waals surface area contributed by atoms with Gasteiger partial charge in [0, 0.05) is 43.6 Å². The van der Waals surface area contributed by atoms with E-state index < -0.39 is 47.1 Å². The smallest absolute Gasteiger partial charge is 0.223 e. The highest BCUT2D eigenvalue weighted by atomic mass is 19.2. The zero-order chi connectivity index (χ0) is 27.8. The lowest BCUT2D eigenvalue weighted by molar-refractivity contribution is -0.133. The van der Waals surface area contributed by atoms with Crippen LogP contribution in [0, 0.1) is 23.3 Å². The Balaban J connectivity index is 1.72. The number of aliphatic hydroxyl groups excluding tert-OH is 1. The number of hydrogen-bond donors (Lipinski definition) is 2. The van der Waals surface area contributed by atoms with Crippen molar-refractivity contribution >= 4 is 11.7 Å². The summed E-state index contributed by atoms with van der Waals surface area (Å²) in [4.78, 5) is 27.0. The number of benzene rings is 3. The number of aliphatic hydroxyl groups is 1. The second-order valence-electron chi connectivity index (χ2n) is 9.21. The number of nitrogens with two attached hydrogens (primary N) is 1. The van der Waals surface area contributed by atoms with Crippen molar-refractivity contribution in [3.63, 3.8) is 0 Å². The molecule has 0 unspecified atom stereocenters. The maximum atomic E-state index is 13.6. The van der Waals surface area contributed by atoms with Crippen LogP contribution in [0.2, 0.25) is 0 Å². The van der Waals surface area contributed by atoms with E-state index in [9.17, 15) is 32.3 Å². The van der Waals surface area contributed by atoms with Crippen LogP contribution in [0.4, 0.5) is 17.6 Å². The fourth-order valence-corrected chi connectivity index (χ4v) is 4.11. The van der Waals surface area contributed by atoms with Gasteiger partial charge in [0.15, 0.2) is 17.4 Å². The predicted octanol–water partition coefficient (Wildman–Crippen LogP) is 4.73. The van der Waals surface area contributed by atoms with Crippen molar-refractivity contribution in [1.82, 2.24) is 4.90 Å². The van der Waals surface area contributed by atoms with E-state index in [4.69, 9.17) is 5.73 Å². The van der Waals surface area contributed by atoms with Gasteiger partial charge in [-0.25, -0.2) is 17.6 Å². The van der Waals surface area contributed by atoms with Crippen LogP contribution in [0.1, 0.15) is 46.8 Å². The fourth-order valence-electron chi connectivity index (χ4n) is 4.11. The minimum Gasteiger partial charge on any atom is -0.390 e. The molecule has 2 atom stereocenters. The summed E-state index contributed by atoms with van der Waals surface area (Å²) in [6, 6.07) is 12.4. The molecule has 0 bridgehead atoms. The quantitative estimate of drug-likeness (QED) is 0.262. The number of nitrogens with zero attached hydrogens (tertiary/aromatic N) is 1. The maximum absolute atomic E-state index is 13.6. The van der Waals surface area contributed by atoms with Crippen molar-refractivity contribution in [3.05, 3.63) is 106 Å². The van der Waals surface area contributed by atoms with Crippen molar-refractivity contribution in [2.75, 3.05) is 6.54 Å². The topological polar surface area (TPSA) is 83.6 Å². The third-order valence-electron chi connectivity index (χ3n) is 6.23. The van der Waals surface area contributed by atoms with Gasteiger partial charge >= 0.3 is 0 Å². The molecule has 1 amide bonds. The van der Waals surface area contributed by atoms with Crippen LogP contribution >= 0.6 is 0 Å². The molecule has 3 aromatic rings. The molecule has 0 aliphatic heterocycles. The van der Waals surface area contributed by atoms with E-state index in [1.165, 1.54) is 4.90 Å². The number of rotatable bonds is 12. The lowest BCUT2D eigenvalue weighted by Crippen LogP contribution is -2.46. The molecule has 0 aromatic heterocycles. The van der Waals surface area contributed by atoms with Gasteiger partial charge in [0.2, 0.25) is 5.91 Å². The molecule has 0 radical (unpaired) electrons. The van der Waals surface area contributed by atoms with Crippen LogP contribution in [-0.4, -0.2) is 40.4 Å². The summed E-state index contributed by atoms with van der Waals surface area (Å²) in [5.74, 6) is -4.75. The van der Waals surface area contributed by atoms with Gasteiger partial charge in [0.05, 0.1) is 6.10 Å². The highest BCUT2D eigenvalue weighted by Gasteiger charge is 2.24. The van der Waals surface area contributed by atoms with Crippen LogP contribution in [-0.2, 0) is 24.2 Å². The molecule has 0 saturated heterocycles. The van der Waals surface area contributed by atoms with Crippen LogP contribution in [0.3, 0.4) is 0 Å². The number of hydrogen-bond acceptors (Lipinski definition) is 4. The summed E-state index contributed by atoms with van der Waals surface area (Å²) in [5.41, 5.74) is 8.17. The normalized spacial score (nSPS) is 12.7. The number of ketones is 1. The molecule has 3 N–H and O–H groups in total. The van der Waals surface area contributed by atoms with Crippen molar-refractivity contribution in [2.45, 2.75) is 51.3 Å². The minimum atomic E-state index is -1.23. The highest BCUT2D eigenvalue weighted by molar-refractivity contribution is 5.97. The average molecular weight is 531 g/mol. The van der Waals surface area contributed by atoms with Crippen LogP contribution in [0.5, 0.6) is 0 Å². The fraction of sp³-hybridized carbons (Fsp3) is 0.310. The first-order valence-corrected chi connectivity index (χ1v) is 12.3. The van der Waals surface area contributed by atoms with Gasteiger partial charge in [-0.3, -0.25) is 9.59 Å². The number of amides is 1. The number of carbonyl (C=O) groups excluding carboxylic acids is 2. The van der Waals surface area contributed by atoms with E-state index in [0.717, 1.165) is 53.9 Å². The highest BCUT2D eigenvalue weighted by Crippen LogP contribution is 2.16. The van der Waals surface area contributed by atoms with Gasteiger partial charge in [-0.2, -0.15) is 0 Å². The van der Waals surface area contributed by atoms with Gasteiger partial charge in [-0.15, -0.1) is 0 Å². The van der Waals surface area contributed by atoms with E-state index in [0.29, 0.717) is 0 Å². The molecule has 9 heteroatoms. The molecular formula is C29H30F4N2O3. The summed E-state index contributed by atoms with van der Waals surface area (Å²) < 4.78 is 53.8. The van der Waals surface area contributed by atoms with Crippen molar-refractivity contribution in [2.24, 2.45) is 5.73 Å². The zero-order valence-corrected chi connectivity index (χ0v) is 21.0. The summed E-state index contributed by atoms with van der Waals surface area (Å²) in [5, 5.41) is 10.8. The third kappa shape index (κ3) is 8.22. The summed E-state index contributed by atoms with van der Waals surface area (Å²) in [7, 11) is 0. The van der Waals surface area contributed by atoms with E-state index in [2.05, 4.69) is 0 Å². The number of aryl methyl sites for hydroxylation is 1. The largest absolute Gasteiger partial charge is 0.390 e. The lowest BCUT2D eigenvalue weighted by Gasteiger charge is -2.28. The van der Waals surface area contributed by atoms with Crippen LogP contribution in [0.15, 0.2) is 60.7 Å². The Morgan fingerprint density at radius 3 is 2.21 bits per heavy atom. The Bertz CT molecular complexity index is 1260. The lowest BCUT2D eigenvalue weighted by atomic mass is 10.0. The molecular weight excluding hydrogens is 500 g/mol. The molecule has 0 aliphatic carbocycles. The molecule has 0 spiro atoms. The Morgan fingerprint density at radius 1 is 0.868 bits per heavy atom. The standard InChI is InChI=1S/C29H30F4N2O3/c1-2-18-4-3-5-19(10-18)16-35(17-28(37)26(34)13-20-11-22(30)15-23(31)12-20)29(38)9-8-27(36)21-6-7-24(32)25(33)14-21/h3-7,10-12,14-15,26,28,37H,2,8-9,13,16-17,34H2,1H3/t26-,28+/m0/s1. The predicted molar refractivity (Wildman–Crippen MR) is 135 cm³/mol. The molecule has 0 fully saturated rings. The molecule has 3 rings (SSSR count).